The van der Waals surface area contributed by atoms with E-state index in [0.29, 0.717) is 0 Å². The highest BCUT2D eigenvalue weighted by Gasteiger charge is 2.37. The van der Waals surface area contributed by atoms with Gasteiger partial charge >= 0.3 is 11.9 Å². The highest BCUT2D eigenvalue weighted by Crippen LogP contribution is 2.43. The summed E-state index contributed by atoms with van der Waals surface area (Å²) in [6.45, 7) is 8.53. The van der Waals surface area contributed by atoms with Crippen molar-refractivity contribution in [2.45, 2.75) is 31.7 Å². The summed E-state index contributed by atoms with van der Waals surface area (Å²) in [5, 5.41) is 14.8. The van der Waals surface area contributed by atoms with Gasteiger partial charge in [0.15, 0.2) is 0 Å². The number of carboxylic acids is 2. The summed E-state index contributed by atoms with van der Waals surface area (Å²) in [6.07, 6.45) is 10.6. The molecule has 186 valence electrons. The molecule has 2 aliphatic heterocycles. The van der Waals surface area contributed by atoms with Crippen molar-refractivity contribution in [3.63, 3.8) is 0 Å². The summed E-state index contributed by atoms with van der Waals surface area (Å²) in [5.41, 5.74) is 1.25. The van der Waals surface area contributed by atoms with Crippen LogP contribution in [0.3, 0.4) is 0 Å². The van der Waals surface area contributed by atoms with Crippen LogP contribution in [0.4, 0.5) is 5.69 Å². The zero-order chi connectivity index (χ0) is 24.1. The Morgan fingerprint density at radius 3 is 2.18 bits per heavy atom. The molecule has 3 unspecified atom stereocenters. The summed E-state index contributed by atoms with van der Waals surface area (Å²) in [5.74, 6) is 0.0958. The highest BCUT2D eigenvalue weighted by molar-refractivity contribution is 6.27. The van der Waals surface area contributed by atoms with E-state index < -0.39 is 11.9 Å². The second-order valence-corrected chi connectivity index (χ2v) is 9.88. The Bertz CT molecular complexity index is 863. The lowest BCUT2D eigenvalue weighted by molar-refractivity contribution is -0.159. The summed E-state index contributed by atoms with van der Waals surface area (Å²) in [4.78, 5) is 26.2. The summed E-state index contributed by atoms with van der Waals surface area (Å²) >= 11 is 0. The Kier molecular flexibility index (Phi) is 8.11. The Hall–Kier alpha value is -2.58. The van der Waals surface area contributed by atoms with Crippen LogP contribution in [0, 0.1) is 17.8 Å². The fourth-order valence-corrected chi connectivity index (χ4v) is 6.12. The van der Waals surface area contributed by atoms with E-state index in [9.17, 15) is 0 Å². The first-order valence-electron chi connectivity index (χ1n) is 12.4. The molecule has 2 saturated heterocycles. The maximum Gasteiger partial charge on any atom is 0.414 e. The van der Waals surface area contributed by atoms with Crippen LogP contribution >= 0.6 is 0 Å². The lowest BCUT2D eigenvalue weighted by Gasteiger charge is -2.44. The lowest BCUT2D eigenvalue weighted by Crippen LogP contribution is -2.53. The number of nitrogens with zero attached hydrogens (tertiary/aromatic N) is 3. The van der Waals surface area contributed by atoms with Gasteiger partial charge in [0.2, 0.25) is 0 Å². The van der Waals surface area contributed by atoms with Gasteiger partial charge in [0.05, 0.1) is 12.8 Å². The molecule has 0 aromatic heterocycles. The molecular weight excluding hydrogens is 434 g/mol. The van der Waals surface area contributed by atoms with Crippen molar-refractivity contribution in [1.82, 2.24) is 9.80 Å². The van der Waals surface area contributed by atoms with Gasteiger partial charge in [-0.1, -0.05) is 24.3 Å². The molecule has 4 aliphatic rings. The molecule has 1 saturated carbocycles. The number of ether oxygens (including phenoxy) is 1. The number of likely N-dealkylation sites (tertiary alicyclic amines) is 1. The van der Waals surface area contributed by atoms with Gasteiger partial charge in [-0.2, -0.15) is 0 Å². The number of fused-ring (bicyclic) bond motifs is 2. The third-order valence-electron chi connectivity index (χ3n) is 7.91. The van der Waals surface area contributed by atoms with Gasteiger partial charge in [-0.05, 0) is 68.7 Å². The molecule has 2 aliphatic carbocycles. The predicted molar refractivity (Wildman–Crippen MR) is 130 cm³/mol. The smallest absolute Gasteiger partial charge is 0.414 e. The van der Waals surface area contributed by atoms with Crippen molar-refractivity contribution in [3.8, 4) is 5.75 Å². The minimum atomic E-state index is -1.82. The number of benzene rings is 1. The predicted octanol–water partition coefficient (Wildman–Crippen LogP) is 2.65. The normalized spacial score (nSPS) is 27.3. The topological polar surface area (TPSA) is 93.5 Å². The molecule has 2 bridgehead atoms. The molecule has 1 aromatic carbocycles. The molecule has 0 spiro atoms. The minimum absolute atomic E-state index is 0.788. The molecular formula is C26H37N3O5. The Morgan fingerprint density at radius 1 is 0.941 bits per heavy atom. The molecule has 8 nitrogen and oxygen atoms in total. The number of hydrogen-bond acceptors (Lipinski definition) is 6. The van der Waals surface area contributed by atoms with Crippen LogP contribution < -0.4 is 9.64 Å². The number of allylic oxidation sites excluding steroid dienone is 2. The molecule has 2 N–H and O–H groups in total. The van der Waals surface area contributed by atoms with Crippen molar-refractivity contribution in [2.75, 3.05) is 57.8 Å². The molecule has 1 aromatic rings. The van der Waals surface area contributed by atoms with Crippen molar-refractivity contribution in [2.24, 2.45) is 17.8 Å². The number of carboxylic acid groups (broad SMARTS) is 2. The van der Waals surface area contributed by atoms with Crippen molar-refractivity contribution < 1.29 is 24.5 Å². The number of hydrogen-bond donors (Lipinski definition) is 2. The van der Waals surface area contributed by atoms with E-state index in [2.05, 4.69) is 51.1 Å². The average molecular weight is 472 g/mol. The first-order valence-corrected chi connectivity index (χ1v) is 12.4. The van der Waals surface area contributed by atoms with Crippen LogP contribution in [0.1, 0.15) is 25.7 Å². The second kappa shape index (κ2) is 11.2. The van der Waals surface area contributed by atoms with Crippen molar-refractivity contribution in [3.05, 3.63) is 36.4 Å². The molecule has 3 atom stereocenters. The van der Waals surface area contributed by atoms with E-state index >= 15 is 0 Å². The maximum absolute atomic E-state index is 9.10. The number of carbonyl (C=O) groups is 2. The van der Waals surface area contributed by atoms with Crippen LogP contribution in [0.15, 0.2) is 36.4 Å². The minimum Gasteiger partial charge on any atom is -0.495 e. The van der Waals surface area contributed by atoms with Crippen LogP contribution in [-0.2, 0) is 9.59 Å². The van der Waals surface area contributed by atoms with Gasteiger partial charge in [-0.3, -0.25) is 4.90 Å². The van der Waals surface area contributed by atoms with Gasteiger partial charge in [0, 0.05) is 38.8 Å². The van der Waals surface area contributed by atoms with E-state index in [1.165, 1.54) is 64.1 Å². The fourth-order valence-electron chi connectivity index (χ4n) is 6.12. The molecule has 2 heterocycles. The van der Waals surface area contributed by atoms with Gasteiger partial charge in [0.25, 0.3) is 0 Å². The number of piperidine rings is 1. The number of para-hydroxylation sites is 2. The zero-order valence-electron chi connectivity index (χ0n) is 20.0. The number of aliphatic carboxylic acids is 2. The van der Waals surface area contributed by atoms with Gasteiger partial charge in [-0.15, -0.1) is 0 Å². The third kappa shape index (κ3) is 5.91. The molecule has 5 rings (SSSR count). The molecule has 0 radical (unpaired) electrons. The SMILES string of the molecule is COc1ccccc1N1CCN(C2CCN(CC3CC4C=CC3C4)CC2)CC1.O=C(O)C(=O)O. The summed E-state index contributed by atoms with van der Waals surface area (Å²) < 4.78 is 5.56. The van der Waals surface area contributed by atoms with Crippen molar-refractivity contribution >= 4 is 17.6 Å². The Labute approximate surface area is 201 Å². The number of piperazine rings is 1. The first kappa shape index (κ1) is 24.5. The molecule has 34 heavy (non-hydrogen) atoms. The zero-order valence-corrected chi connectivity index (χ0v) is 20.0. The van der Waals surface area contributed by atoms with Gasteiger partial charge in [-0.25, -0.2) is 9.59 Å². The highest BCUT2D eigenvalue weighted by atomic mass is 16.5. The van der Waals surface area contributed by atoms with E-state index in [1.807, 2.05) is 0 Å². The van der Waals surface area contributed by atoms with Gasteiger partial charge < -0.3 is 24.7 Å². The molecule has 0 amide bonds. The number of rotatable bonds is 5. The standard InChI is InChI=1S/C24H35N3O.C2H2O4/c1-28-24-5-3-2-4-23(24)27-14-12-26(13-15-27)22-8-10-25(11-9-22)18-21-17-19-6-7-20(21)16-19;3-1(4)2(5)6/h2-7,19-22H,8-18H2,1H3;(H,3,4)(H,5,6). The number of methoxy groups -OCH3 is 1. The van der Waals surface area contributed by atoms with Crippen molar-refractivity contribution in [1.29, 1.82) is 0 Å². The third-order valence-corrected chi connectivity index (χ3v) is 7.91. The van der Waals surface area contributed by atoms with E-state index in [0.717, 1.165) is 42.6 Å². The summed E-state index contributed by atoms with van der Waals surface area (Å²) in [7, 11) is 1.77. The Morgan fingerprint density at radius 2 is 1.62 bits per heavy atom. The van der Waals surface area contributed by atoms with E-state index in [1.54, 1.807) is 7.11 Å². The second-order valence-electron chi connectivity index (χ2n) is 9.88. The number of anilines is 1. The average Bonchev–Trinajstić information content (AvgIpc) is 3.48. The van der Waals surface area contributed by atoms with E-state index in [4.69, 9.17) is 24.5 Å². The lowest BCUT2D eigenvalue weighted by atomic mass is 9.92. The van der Waals surface area contributed by atoms with Crippen LogP contribution in [0.5, 0.6) is 5.75 Å². The maximum atomic E-state index is 9.10. The fraction of sp³-hybridized carbons (Fsp3) is 0.615. The van der Waals surface area contributed by atoms with Gasteiger partial charge in [0.1, 0.15) is 5.75 Å². The molecule has 3 fully saturated rings. The Balaban J connectivity index is 0.000000408. The van der Waals surface area contributed by atoms with Crippen LogP contribution in [0.2, 0.25) is 0 Å². The summed E-state index contributed by atoms with van der Waals surface area (Å²) in [6, 6.07) is 9.22. The van der Waals surface area contributed by atoms with Crippen LogP contribution in [0.25, 0.3) is 0 Å². The first-order chi connectivity index (χ1) is 16.4. The largest absolute Gasteiger partial charge is 0.495 e. The van der Waals surface area contributed by atoms with Crippen LogP contribution in [-0.4, -0.2) is 90.9 Å². The quantitative estimate of drug-likeness (QED) is 0.500. The molecule has 8 heteroatoms. The monoisotopic (exact) mass is 471 g/mol. The van der Waals surface area contributed by atoms with E-state index in [-0.39, 0.29) is 0 Å².